The molecule has 2 aromatic rings. The van der Waals surface area contributed by atoms with E-state index in [2.05, 4.69) is 4.74 Å². The van der Waals surface area contributed by atoms with E-state index < -0.39 is 5.97 Å². The Hall–Kier alpha value is -2.88. The van der Waals surface area contributed by atoms with Gasteiger partial charge < -0.3 is 9.84 Å². The van der Waals surface area contributed by atoms with Crippen LogP contribution in [0.5, 0.6) is 0 Å². The SMILES string of the molecule is COC(=O)CCc1ccccc1.O=C(O)C=Cc1ccccc1. The maximum absolute atomic E-state index is 10.8. The van der Waals surface area contributed by atoms with Crippen molar-refractivity contribution in [3.8, 4) is 0 Å². The summed E-state index contributed by atoms with van der Waals surface area (Å²) in [6, 6.07) is 19.2. The van der Waals surface area contributed by atoms with Gasteiger partial charge in [-0.05, 0) is 23.6 Å². The molecule has 0 fully saturated rings. The summed E-state index contributed by atoms with van der Waals surface area (Å²) in [5.74, 6) is -1.08. The van der Waals surface area contributed by atoms with Crippen LogP contribution in [0.2, 0.25) is 0 Å². The lowest BCUT2D eigenvalue weighted by atomic mass is 10.1. The van der Waals surface area contributed by atoms with Crippen LogP contribution in [0.4, 0.5) is 0 Å². The molecule has 4 nitrogen and oxygen atoms in total. The third-order valence-corrected chi connectivity index (χ3v) is 2.91. The van der Waals surface area contributed by atoms with Gasteiger partial charge >= 0.3 is 11.9 Å². The number of carbonyl (C=O) groups excluding carboxylic acids is 1. The second kappa shape index (κ2) is 10.8. The van der Waals surface area contributed by atoms with E-state index in [-0.39, 0.29) is 5.97 Å². The number of hydrogen-bond acceptors (Lipinski definition) is 3. The van der Waals surface area contributed by atoms with E-state index in [0.717, 1.165) is 18.1 Å². The summed E-state index contributed by atoms with van der Waals surface area (Å²) in [6.45, 7) is 0. The molecule has 0 saturated carbocycles. The first-order chi connectivity index (χ1) is 11.1. The van der Waals surface area contributed by atoms with Gasteiger partial charge in [0.15, 0.2) is 0 Å². The summed E-state index contributed by atoms with van der Waals surface area (Å²) in [6.07, 6.45) is 3.89. The quantitative estimate of drug-likeness (QED) is 0.677. The number of aryl methyl sites for hydroxylation is 1. The number of benzene rings is 2. The molecule has 0 atom stereocenters. The van der Waals surface area contributed by atoms with Crippen LogP contribution in [0, 0.1) is 0 Å². The Labute approximate surface area is 136 Å². The van der Waals surface area contributed by atoms with E-state index in [9.17, 15) is 9.59 Å². The molecule has 0 radical (unpaired) electrons. The number of esters is 1. The van der Waals surface area contributed by atoms with Gasteiger partial charge in [-0.25, -0.2) is 4.79 Å². The van der Waals surface area contributed by atoms with Crippen LogP contribution in [0.15, 0.2) is 66.7 Å². The van der Waals surface area contributed by atoms with Gasteiger partial charge in [0.25, 0.3) is 0 Å². The monoisotopic (exact) mass is 312 g/mol. The Balaban J connectivity index is 0.000000231. The predicted molar refractivity (Wildman–Crippen MR) is 89.9 cm³/mol. The molecule has 0 spiro atoms. The molecule has 0 aliphatic carbocycles. The second-order valence-corrected chi connectivity index (χ2v) is 4.64. The predicted octanol–water partition coefficient (Wildman–Crippen LogP) is 3.58. The molecule has 23 heavy (non-hydrogen) atoms. The number of aliphatic carboxylic acids is 1. The Bertz CT molecular complexity index is 618. The van der Waals surface area contributed by atoms with Gasteiger partial charge in [0, 0.05) is 12.5 Å². The largest absolute Gasteiger partial charge is 0.478 e. The standard InChI is InChI=1S/C10H12O2.C9H8O2/c1-12-10(11)8-7-9-5-3-2-4-6-9;10-9(11)7-6-8-4-2-1-3-5-8/h2-6H,7-8H2,1H3;1-7H,(H,10,11). The molecule has 0 aromatic heterocycles. The molecule has 0 aliphatic rings. The molecular formula is C19H20O4. The van der Waals surface area contributed by atoms with Crippen LogP contribution in [0.25, 0.3) is 6.08 Å². The van der Waals surface area contributed by atoms with Gasteiger partial charge in [0.2, 0.25) is 0 Å². The maximum Gasteiger partial charge on any atom is 0.328 e. The average Bonchev–Trinajstić information content (AvgIpc) is 2.60. The summed E-state index contributed by atoms with van der Waals surface area (Å²) in [7, 11) is 1.41. The summed E-state index contributed by atoms with van der Waals surface area (Å²) in [5, 5.41) is 8.29. The summed E-state index contributed by atoms with van der Waals surface area (Å²) in [5.41, 5.74) is 2.07. The van der Waals surface area contributed by atoms with Crippen molar-refractivity contribution in [2.75, 3.05) is 7.11 Å². The van der Waals surface area contributed by atoms with E-state index in [1.54, 1.807) is 6.08 Å². The third-order valence-electron chi connectivity index (χ3n) is 2.91. The normalized spacial score (nSPS) is 9.78. The number of methoxy groups -OCH3 is 1. The number of carbonyl (C=O) groups is 2. The molecule has 4 heteroatoms. The number of carboxylic acid groups (broad SMARTS) is 1. The summed E-state index contributed by atoms with van der Waals surface area (Å²) < 4.78 is 4.53. The first-order valence-corrected chi connectivity index (χ1v) is 7.18. The van der Waals surface area contributed by atoms with Crippen LogP contribution in [0.1, 0.15) is 17.5 Å². The number of carboxylic acids is 1. The van der Waals surface area contributed by atoms with Gasteiger partial charge in [0.05, 0.1) is 7.11 Å². The summed E-state index contributed by atoms with van der Waals surface area (Å²) in [4.78, 5) is 20.8. The fourth-order valence-electron chi connectivity index (χ4n) is 1.72. The molecule has 0 unspecified atom stereocenters. The van der Waals surface area contributed by atoms with Gasteiger partial charge in [-0.3, -0.25) is 4.79 Å². The number of rotatable bonds is 5. The van der Waals surface area contributed by atoms with E-state index in [1.165, 1.54) is 12.7 Å². The summed E-state index contributed by atoms with van der Waals surface area (Å²) >= 11 is 0. The maximum atomic E-state index is 10.8. The first kappa shape index (κ1) is 18.2. The van der Waals surface area contributed by atoms with Crippen molar-refractivity contribution < 1.29 is 19.4 Å². The molecule has 0 aliphatic heterocycles. The smallest absolute Gasteiger partial charge is 0.328 e. The second-order valence-electron chi connectivity index (χ2n) is 4.64. The van der Waals surface area contributed by atoms with E-state index in [0.29, 0.717) is 6.42 Å². The Morgan fingerprint density at radius 1 is 1.00 bits per heavy atom. The van der Waals surface area contributed by atoms with Crippen molar-refractivity contribution in [1.82, 2.24) is 0 Å². The fourth-order valence-corrected chi connectivity index (χ4v) is 1.72. The zero-order valence-corrected chi connectivity index (χ0v) is 13.0. The molecule has 2 rings (SSSR count). The van der Waals surface area contributed by atoms with Crippen LogP contribution < -0.4 is 0 Å². The lowest BCUT2D eigenvalue weighted by molar-refractivity contribution is -0.140. The van der Waals surface area contributed by atoms with E-state index >= 15 is 0 Å². The molecule has 2 aromatic carbocycles. The molecule has 1 N–H and O–H groups in total. The zero-order chi connectivity index (χ0) is 16.9. The van der Waals surface area contributed by atoms with Crippen LogP contribution >= 0.6 is 0 Å². The highest BCUT2D eigenvalue weighted by molar-refractivity contribution is 5.85. The lowest BCUT2D eigenvalue weighted by Crippen LogP contribution is -2.01. The van der Waals surface area contributed by atoms with Crippen molar-refractivity contribution in [1.29, 1.82) is 0 Å². The average molecular weight is 312 g/mol. The van der Waals surface area contributed by atoms with Crippen LogP contribution in [0.3, 0.4) is 0 Å². The molecular weight excluding hydrogens is 292 g/mol. The highest BCUT2D eigenvalue weighted by Crippen LogP contribution is 2.02. The van der Waals surface area contributed by atoms with Gasteiger partial charge in [-0.1, -0.05) is 60.7 Å². The topological polar surface area (TPSA) is 63.6 Å². The highest BCUT2D eigenvalue weighted by Gasteiger charge is 1.99. The fraction of sp³-hybridized carbons (Fsp3) is 0.158. The van der Waals surface area contributed by atoms with Crippen LogP contribution in [-0.4, -0.2) is 24.2 Å². The molecule has 0 amide bonds. The Morgan fingerprint density at radius 2 is 1.57 bits per heavy atom. The highest BCUT2D eigenvalue weighted by atomic mass is 16.5. The minimum Gasteiger partial charge on any atom is -0.478 e. The molecule has 0 saturated heterocycles. The van der Waals surface area contributed by atoms with Gasteiger partial charge in [0.1, 0.15) is 0 Å². The molecule has 0 bridgehead atoms. The number of hydrogen-bond donors (Lipinski definition) is 1. The Kier molecular flexibility index (Phi) is 8.52. The first-order valence-electron chi connectivity index (χ1n) is 7.18. The Morgan fingerprint density at radius 3 is 2.09 bits per heavy atom. The lowest BCUT2D eigenvalue weighted by Gasteiger charge is -1.98. The van der Waals surface area contributed by atoms with Gasteiger partial charge in [-0.2, -0.15) is 0 Å². The van der Waals surface area contributed by atoms with E-state index in [1.807, 2.05) is 60.7 Å². The van der Waals surface area contributed by atoms with Crippen molar-refractivity contribution in [2.45, 2.75) is 12.8 Å². The zero-order valence-electron chi connectivity index (χ0n) is 13.0. The number of ether oxygens (including phenoxy) is 1. The van der Waals surface area contributed by atoms with E-state index in [4.69, 9.17) is 5.11 Å². The molecule has 120 valence electrons. The van der Waals surface area contributed by atoms with Crippen molar-refractivity contribution >= 4 is 18.0 Å². The van der Waals surface area contributed by atoms with Crippen molar-refractivity contribution in [2.24, 2.45) is 0 Å². The van der Waals surface area contributed by atoms with Gasteiger partial charge in [-0.15, -0.1) is 0 Å². The minimum absolute atomic E-state index is 0.154. The van der Waals surface area contributed by atoms with Crippen LogP contribution in [-0.2, 0) is 20.7 Å². The third kappa shape index (κ3) is 8.88. The molecule has 0 heterocycles. The van der Waals surface area contributed by atoms with Crippen molar-refractivity contribution in [3.05, 3.63) is 77.9 Å². The van der Waals surface area contributed by atoms with Crippen molar-refractivity contribution in [3.63, 3.8) is 0 Å². The minimum atomic E-state index is -0.922.